The second kappa shape index (κ2) is 5.45. The van der Waals surface area contributed by atoms with Crippen LogP contribution < -0.4 is 9.80 Å². The Hall–Kier alpha value is -1.61. The SMILES string of the molecule is CC1(O)CCN(c2cc(C(F)(F)F)nc(N3CCC(C)(O)C3)n2)C1. The lowest BCUT2D eigenvalue weighted by molar-refractivity contribution is -0.141. The molecule has 3 heterocycles. The normalized spacial score (nSPS) is 31.1. The summed E-state index contributed by atoms with van der Waals surface area (Å²) < 4.78 is 39.6. The summed E-state index contributed by atoms with van der Waals surface area (Å²) in [7, 11) is 0. The maximum absolute atomic E-state index is 13.2. The fourth-order valence-electron chi connectivity index (χ4n) is 3.13. The molecule has 0 aromatic carbocycles. The fourth-order valence-corrected chi connectivity index (χ4v) is 3.13. The topological polar surface area (TPSA) is 72.7 Å². The summed E-state index contributed by atoms with van der Waals surface area (Å²) in [6, 6.07) is 0.916. The number of halogens is 3. The van der Waals surface area contributed by atoms with Crippen LogP contribution in [-0.2, 0) is 6.18 Å². The molecule has 2 aliphatic rings. The van der Waals surface area contributed by atoms with Crippen LogP contribution in [0.2, 0.25) is 0 Å². The van der Waals surface area contributed by atoms with Gasteiger partial charge in [-0.3, -0.25) is 0 Å². The number of β-amino-alcohol motifs (C(OH)–C–C–N with tert-alkyl or cyclic N) is 2. The summed E-state index contributed by atoms with van der Waals surface area (Å²) >= 11 is 0. The van der Waals surface area contributed by atoms with E-state index in [1.165, 1.54) is 0 Å². The third-order valence-corrected chi connectivity index (χ3v) is 4.50. The van der Waals surface area contributed by atoms with Gasteiger partial charge < -0.3 is 20.0 Å². The number of alkyl halides is 3. The Morgan fingerprint density at radius 3 is 2.00 bits per heavy atom. The average Bonchev–Trinajstić information content (AvgIpc) is 2.99. The molecule has 2 atom stereocenters. The third kappa shape index (κ3) is 3.56. The number of anilines is 2. The van der Waals surface area contributed by atoms with Crippen molar-refractivity contribution in [2.75, 3.05) is 36.0 Å². The highest BCUT2D eigenvalue weighted by Crippen LogP contribution is 2.34. The molecule has 2 fully saturated rings. The molecule has 0 radical (unpaired) electrons. The van der Waals surface area contributed by atoms with Gasteiger partial charge in [0.15, 0.2) is 5.69 Å². The molecule has 1 aromatic heterocycles. The predicted molar refractivity (Wildman–Crippen MR) is 81.9 cm³/mol. The van der Waals surface area contributed by atoms with Crippen LogP contribution in [0.1, 0.15) is 32.4 Å². The maximum Gasteiger partial charge on any atom is 0.433 e. The van der Waals surface area contributed by atoms with E-state index in [0.29, 0.717) is 25.9 Å². The average molecular weight is 346 g/mol. The molecule has 134 valence electrons. The Kier molecular flexibility index (Phi) is 3.91. The molecular formula is C15H21F3N4O2. The van der Waals surface area contributed by atoms with Gasteiger partial charge in [0.2, 0.25) is 5.95 Å². The zero-order valence-electron chi connectivity index (χ0n) is 13.6. The zero-order valence-corrected chi connectivity index (χ0v) is 13.6. The smallest absolute Gasteiger partial charge is 0.388 e. The Morgan fingerprint density at radius 2 is 1.54 bits per heavy atom. The van der Waals surface area contributed by atoms with Gasteiger partial charge in [0.25, 0.3) is 0 Å². The molecule has 24 heavy (non-hydrogen) atoms. The van der Waals surface area contributed by atoms with Crippen LogP contribution in [0.15, 0.2) is 6.07 Å². The van der Waals surface area contributed by atoms with Gasteiger partial charge in [0, 0.05) is 32.2 Å². The molecule has 2 saturated heterocycles. The van der Waals surface area contributed by atoms with Crippen LogP contribution in [0.5, 0.6) is 0 Å². The highest BCUT2D eigenvalue weighted by molar-refractivity contribution is 5.48. The van der Waals surface area contributed by atoms with Crippen molar-refractivity contribution < 1.29 is 23.4 Å². The van der Waals surface area contributed by atoms with E-state index >= 15 is 0 Å². The second-order valence-electron chi connectivity index (χ2n) is 7.25. The van der Waals surface area contributed by atoms with Crippen LogP contribution in [-0.4, -0.2) is 57.6 Å². The summed E-state index contributed by atoms with van der Waals surface area (Å²) in [5, 5.41) is 20.1. The van der Waals surface area contributed by atoms with Crippen molar-refractivity contribution in [2.24, 2.45) is 0 Å². The van der Waals surface area contributed by atoms with E-state index in [9.17, 15) is 23.4 Å². The summed E-state index contributed by atoms with van der Waals surface area (Å²) in [6.07, 6.45) is -3.68. The molecule has 2 N–H and O–H groups in total. The van der Waals surface area contributed by atoms with Gasteiger partial charge in [-0.05, 0) is 26.7 Å². The van der Waals surface area contributed by atoms with Gasteiger partial charge in [-0.25, -0.2) is 4.98 Å². The molecule has 1 aromatic rings. The highest BCUT2D eigenvalue weighted by Gasteiger charge is 2.39. The van der Waals surface area contributed by atoms with Gasteiger partial charge in [0.05, 0.1) is 11.2 Å². The van der Waals surface area contributed by atoms with Crippen molar-refractivity contribution in [2.45, 2.75) is 44.1 Å². The van der Waals surface area contributed by atoms with Crippen LogP contribution in [0.25, 0.3) is 0 Å². The largest absolute Gasteiger partial charge is 0.433 e. The molecule has 2 aliphatic heterocycles. The van der Waals surface area contributed by atoms with E-state index in [1.807, 2.05) is 0 Å². The summed E-state index contributed by atoms with van der Waals surface area (Å²) in [5.74, 6) is 0.112. The number of aliphatic hydroxyl groups is 2. The lowest BCUT2D eigenvalue weighted by atomic mass is 10.1. The molecule has 9 heteroatoms. The van der Waals surface area contributed by atoms with E-state index in [1.54, 1.807) is 23.6 Å². The van der Waals surface area contributed by atoms with E-state index in [0.717, 1.165) is 6.07 Å². The first-order valence-corrected chi connectivity index (χ1v) is 7.86. The van der Waals surface area contributed by atoms with Crippen molar-refractivity contribution in [3.63, 3.8) is 0 Å². The number of nitrogens with zero attached hydrogens (tertiary/aromatic N) is 4. The van der Waals surface area contributed by atoms with Crippen molar-refractivity contribution in [3.05, 3.63) is 11.8 Å². The van der Waals surface area contributed by atoms with E-state index in [4.69, 9.17) is 0 Å². The zero-order chi connectivity index (χ0) is 17.8. The van der Waals surface area contributed by atoms with Crippen molar-refractivity contribution in [1.29, 1.82) is 0 Å². The van der Waals surface area contributed by atoms with Crippen LogP contribution in [0, 0.1) is 0 Å². The Bertz CT molecular complexity index is 589. The standard InChI is InChI=1S/C15H21F3N4O2/c1-13(23)3-5-21(8-13)11-7-10(15(16,17)18)19-12(20-11)22-6-4-14(2,24)9-22/h7,23-24H,3-6,8-9H2,1-2H3. The lowest BCUT2D eigenvalue weighted by Gasteiger charge is -2.24. The number of hydrogen-bond donors (Lipinski definition) is 2. The Labute approximate surface area is 137 Å². The summed E-state index contributed by atoms with van der Waals surface area (Å²) in [5.41, 5.74) is -2.92. The second-order valence-corrected chi connectivity index (χ2v) is 7.25. The maximum atomic E-state index is 13.2. The van der Waals surface area contributed by atoms with Crippen LogP contribution in [0.3, 0.4) is 0 Å². The first-order valence-electron chi connectivity index (χ1n) is 7.86. The number of aromatic nitrogens is 2. The van der Waals surface area contributed by atoms with Crippen molar-refractivity contribution >= 4 is 11.8 Å². The quantitative estimate of drug-likeness (QED) is 0.844. The van der Waals surface area contributed by atoms with Gasteiger partial charge in [-0.15, -0.1) is 0 Å². The molecule has 3 rings (SSSR count). The first kappa shape index (κ1) is 17.2. The lowest BCUT2D eigenvalue weighted by Crippen LogP contribution is -2.33. The molecule has 0 spiro atoms. The monoisotopic (exact) mass is 346 g/mol. The molecule has 0 saturated carbocycles. The van der Waals surface area contributed by atoms with Crippen molar-refractivity contribution in [1.82, 2.24) is 9.97 Å². The van der Waals surface area contributed by atoms with E-state index < -0.39 is 23.1 Å². The molecule has 0 bridgehead atoms. The van der Waals surface area contributed by atoms with E-state index in [-0.39, 0.29) is 24.9 Å². The Balaban J connectivity index is 1.96. The summed E-state index contributed by atoms with van der Waals surface area (Å²) in [6.45, 7) is 4.52. The minimum atomic E-state index is -4.59. The highest BCUT2D eigenvalue weighted by atomic mass is 19.4. The minimum Gasteiger partial charge on any atom is -0.388 e. The minimum absolute atomic E-state index is 0.0378. The molecular weight excluding hydrogens is 325 g/mol. The molecule has 0 aliphatic carbocycles. The summed E-state index contributed by atoms with van der Waals surface area (Å²) in [4.78, 5) is 11.1. The van der Waals surface area contributed by atoms with Crippen molar-refractivity contribution in [3.8, 4) is 0 Å². The Morgan fingerprint density at radius 1 is 1.00 bits per heavy atom. The van der Waals surface area contributed by atoms with Crippen LogP contribution in [0.4, 0.5) is 24.9 Å². The first-order chi connectivity index (χ1) is 11.0. The van der Waals surface area contributed by atoms with Gasteiger partial charge >= 0.3 is 6.18 Å². The number of rotatable bonds is 2. The van der Waals surface area contributed by atoms with Gasteiger partial charge in [0.1, 0.15) is 5.82 Å². The molecule has 0 amide bonds. The predicted octanol–water partition coefficient (Wildman–Crippen LogP) is 1.42. The molecule has 6 nitrogen and oxygen atoms in total. The fraction of sp³-hybridized carbons (Fsp3) is 0.733. The number of hydrogen-bond acceptors (Lipinski definition) is 6. The van der Waals surface area contributed by atoms with Gasteiger partial charge in [-0.1, -0.05) is 0 Å². The van der Waals surface area contributed by atoms with Gasteiger partial charge in [-0.2, -0.15) is 18.2 Å². The third-order valence-electron chi connectivity index (χ3n) is 4.50. The van der Waals surface area contributed by atoms with E-state index in [2.05, 4.69) is 9.97 Å². The molecule has 2 unspecified atom stereocenters. The van der Waals surface area contributed by atoms with Crippen LogP contribution >= 0.6 is 0 Å².